The van der Waals surface area contributed by atoms with Gasteiger partial charge in [0.05, 0.1) is 0 Å². The van der Waals surface area contributed by atoms with Gasteiger partial charge in [-0.2, -0.15) is 0 Å². The van der Waals surface area contributed by atoms with E-state index in [9.17, 15) is 0 Å². The first kappa shape index (κ1) is 8.95. The molecule has 1 nitrogen and oxygen atoms in total. The lowest BCUT2D eigenvalue weighted by Gasteiger charge is -2.21. The van der Waals surface area contributed by atoms with Gasteiger partial charge in [-0.25, -0.2) is 0 Å². The van der Waals surface area contributed by atoms with Gasteiger partial charge in [-0.3, -0.25) is 0 Å². The SMILES string of the molecule is CC1(C)CNc2ccccc2SC1. The van der Waals surface area contributed by atoms with Crippen molar-refractivity contribution in [2.24, 2.45) is 5.41 Å². The van der Waals surface area contributed by atoms with Crippen molar-refractivity contribution in [3.05, 3.63) is 24.3 Å². The molecule has 0 aromatic heterocycles. The van der Waals surface area contributed by atoms with Crippen LogP contribution in [-0.4, -0.2) is 12.3 Å². The fraction of sp³-hybridized carbons (Fsp3) is 0.455. The molecule has 1 N–H and O–H groups in total. The van der Waals surface area contributed by atoms with Crippen LogP contribution in [0.25, 0.3) is 0 Å². The number of hydrogen-bond donors (Lipinski definition) is 1. The third kappa shape index (κ3) is 1.99. The number of hydrogen-bond acceptors (Lipinski definition) is 2. The van der Waals surface area contributed by atoms with E-state index in [1.54, 1.807) is 0 Å². The molecular weight excluding hydrogens is 178 g/mol. The number of rotatable bonds is 0. The Hall–Kier alpha value is -0.630. The maximum absolute atomic E-state index is 3.49. The average Bonchev–Trinajstić information content (AvgIpc) is 2.27. The highest BCUT2D eigenvalue weighted by Gasteiger charge is 2.22. The number of nitrogens with one attached hydrogen (secondary N) is 1. The first-order valence-corrected chi connectivity index (χ1v) is 5.62. The van der Waals surface area contributed by atoms with Crippen molar-refractivity contribution in [2.75, 3.05) is 17.6 Å². The minimum atomic E-state index is 0.393. The fourth-order valence-electron chi connectivity index (χ4n) is 1.40. The van der Waals surface area contributed by atoms with Crippen molar-refractivity contribution in [3.8, 4) is 0 Å². The standard InChI is InChI=1S/C11H15NS/c1-11(2)7-12-9-5-3-4-6-10(9)13-8-11/h3-6,12H,7-8H2,1-2H3. The van der Waals surface area contributed by atoms with Gasteiger partial charge in [0.25, 0.3) is 0 Å². The Balaban J connectivity index is 2.27. The predicted molar refractivity (Wildman–Crippen MR) is 59.4 cm³/mol. The highest BCUT2D eigenvalue weighted by molar-refractivity contribution is 7.99. The maximum Gasteiger partial charge on any atom is 0.0478 e. The van der Waals surface area contributed by atoms with E-state index in [0.717, 1.165) is 6.54 Å². The first-order chi connectivity index (χ1) is 6.17. The largest absolute Gasteiger partial charge is 0.384 e. The van der Waals surface area contributed by atoms with E-state index >= 15 is 0 Å². The molecule has 1 aromatic rings. The van der Waals surface area contributed by atoms with Gasteiger partial charge in [0.2, 0.25) is 0 Å². The molecule has 0 saturated carbocycles. The van der Waals surface area contributed by atoms with E-state index in [-0.39, 0.29) is 0 Å². The molecule has 0 unspecified atom stereocenters. The smallest absolute Gasteiger partial charge is 0.0478 e. The van der Waals surface area contributed by atoms with Crippen LogP contribution in [0, 0.1) is 5.41 Å². The van der Waals surface area contributed by atoms with Gasteiger partial charge in [0.1, 0.15) is 0 Å². The minimum Gasteiger partial charge on any atom is -0.384 e. The van der Waals surface area contributed by atoms with Crippen LogP contribution in [0.15, 0.2) is 29.2 Å². The van der Waals surface area contributed by atoms with E-state index < -0.39 is 0 Å². The summed E-state index contributed by atoms with van der Waals surface area (Å²) in [7, 11) is 0. The number of anilines is 1. The Bertz CT molecular complexity index is 278. The monoisotopic (exact) mass is 193 g/mol. The molecule has 0 atom stereocenters. The van der Waals surface area contributed by atoms with E-state index in [2.05, 4.69) is 43.4 Å². The molecule has 1 heterocycles. The minimum absolute atomic E-state index is 0.393. The third-order valence-electron chi connectivity index (χ3n) is 2.26. The summed E-state index contributed by atoms with van der Waals surface area (Å²) in [5.41, 5.74) is 1.68. The van der Waals surface area contributed by atoms with E-state index in [4.69, 9.17) is 0 Å². The molecule has 1 aliphatic rings. The summed E-state index contributed by atoms with van der Waals surface area (Å²) in [6.45, 7) is 5.68. The Morgan fingerprint density at radius 3 is 2.92 bits per heavy atom. The maximum atomic E-state index is 3.49. The highest BCUT2D eigenvalue weighted by atomic mass is 32.2. The number of thioether (sulfide) groups is 1. The van der Waals surface area contributed by atoms with Crippen LogP contribution in [0.4, 0.5) is 5.69 Å². The van der Waals surface area contributed by atoms with Gasteiger partial charge in [-0.15, -0.1) is 11.8 Å². The van der Waals surface area contributed by atoms with Crippen LogP contribution < -0.4 is 5.32 Å². The number of benzene rings is 1. The second kappa shape index (κ2) is 3.26. The topological polar surface area (TPSA) is 12.0 Å². The van der Waals surface area contributed by atoms with Gasteiger partial charge in [-0.05, 0) is 17.5 Å². The van der Waals surface area contributed by atoms with E-state index in [1.165, 1.54) is 16.3 Å². The Morgan fingerprint density at radius 1 is 1.31 bits per heavy atom. The fourth-order valence-corrected chi connectivity index (χ4v) is 2.52. The van der Waals surface area contributed by atoms with Crippen LogP contribution in [-0.2, 0) is 0 Å². The van der Waals surface area contributed by atoms with Crippen LogP contribution in [0.3, 0.4) is 0 Å². The van der Waals surface area contributed by atoms with Crippen molar-refractivity contribution in [3.63, 3.8) is 0 Å². The van der Waals surface area contributed by atoms with E-state index in [1.807, 2.05) is 11.8 Å². The molecule has 1 aromatic carbocycles. The molecule has 0 saturated heterocycles. The first-order valence-electron chi connectivity index (χ1n) is 4.63. The zero-order valence-corrected chi connectivity index (χ0v) is 8.95. The summed E-state index contributed by atoms with van der Waals surface area (Å²) in [4.78, 5) is 1.38. The Labute approximate surface area is 83.9 Å². The quantitative estimate of drug-likeness (QED) is 0.679. The second-order valence-corrected chi connectivity index (χ2v) is 5.32. The summed E-state index contributed by atoms with van der Waals surface area (Å²) >= 11 is 1.95. The van der Waals surface area contributed by atoms with Crippen LogP contribution in [0.5, 0.6) is 0 Å². The predicted octanol–water partition coefficient (Wildman–Crippen LogP) is 3.23. The van der Waals surface area contributed by atoms with Crippen molar-refractivity contribution in [1.82, 2.24) is 0 Å². The zero-order valence-electron chi connectivity index (χ0n) is 8.13. The second-order valence-electron chi connectivity index (χ2n) is 4.30. The van der Waals surface area contributed by atoms with Gasteiger partial charge < -0.3 is 5.32 Å². The van der Waals surface area contributed by atoms with Crippen LogP contribution >= 0.6 is 11.8 Å². The highest BCUT2D eigenvalue weighted by Crippen LogP contribution is 2.35. The van der Waals surface area contributed by atoms with Gasteiger partial charge >= 0.3 is 0 Å². The number of para-hydroxylation sites is 1. The Morgan fingerprint density at radius 2 is 2.08 bits per heavy atom. The van der Waals surface area contributed by atoms with Gasteiger partial charge in [0, 0.05) is 22.9 Å². The molecule has 2 rings (SSSR count). The molecule has 13 heavy (non-hydrogen) atoms. The summed E-state index contributed by atoms with van der Waals surface area (Å²) < 4.78 is 0. The molecule has 70 valence electrons. The molecule has 0 spiro atoms. The summed E-state index contributed by atoms with van der Waals surface area (Å²) in [5, 5.41) is 3.49. The molecule has 0 aliphatic carbocycles. The number of fused-ring (bicyclic) bond motifs is 1. The summed E-state index contributed by atoms with van der Waals surface area (Å²) in [6.07, 6.45) is 0. The summed E-state index contributed by atoms with van der Waals surface area (Å²) in [6, 6.07) is 8.54. The van der Waals surface area contributed by atoms with Crippen molar-refractivity contribution in [2.45, 2.75) is 18.7 Å². The van der Waals surface area contributed by atoms with Gasteiger partial charge in [0.15, 0.2) is 0 Å². The summed E-state index contributed by atoms with van der Waals surface area (Å²) in [5.74, 6) is 1.19. The molecule has 0 radical (unpaired) electrons. The molecular formula is C11H15NS. The Kier molecular flexibility index (Phi) is 2.24. The molecule has 1 aliphatic heterocycles. The molecule has 2 heteroatoms. The lowest BCUT2D eigenvalue weighted by Crippen LogP contribution is -2.23. The molecule has 0 amide bonds. The zero-order chi connectivity index (χ0) is 9.31. The van der Waals surface area contributed by atoms with E-state index in [0.29, 0.717) is 5.41 Å². The van der Waals surface area contributed by atoms with Crippen molar-refractivity contribution in [1.29, 1.82) is 0 Å². The lowest BCUT2D eigenvalue weighted by atomic mass is 9.96. The van der Waals surface area contributed by atoms with Crippen LogP contribution in [0.2, 0.25) is 0 Å². The molecule has 0 fully saturated rings. The normalized spacial score (nSPS) is 19.8. The molecule has 0 bridgehead atoms. The van der Waals surface area contributed by atoms with Crippen LogP contribution in [0.1, 0.15) is 13.8 Å². The van der Waals surface area contributed by atoms with Crippen molar-refractivity contribution >= 4 is 17.4 Å². The third-order valence-corrected chi connectivity index (χ3v) is 3.86. The van der Waals surface area contributed by atoms with Gasteiger partial charge in [-0.1, -0.05) is 26.0 Å². The van der Waals surface area contributed by atoms with Crippen molar-refractivity contribution < 1.29 is 0 Å². The average molecular weight is 193 g/mol. The lowest BCUT2D eigenvalue weighted by molar-refractivity contribution is 0.456.